The van der Waals surface area contributed by atoms with Crippen LogP contribution < -0.4 is 0 Å². The van der Waals surface area contributed by atoms with Crippen molar-refractivity contribution in [1.82, 2.24) is 14.5 Å². The first-order valence-electron chi connectivity index (χ1n) is 9.60. The molecule has 1 amide bonds. The van der Waals surface area contributed by atoms with Crippen LogP contribution in [-0.4, -0.2) is 59.0 Å². The molecule has 0 N–H and O–H groups in total. The van der Waals surface area contributed by atoms with Crippen molar-refractivity contribution >= 4 is 26.8 Å². The first kappa shape index (κ1) is 20.2. The number of halogens is 3. The standard InChI is InChI=1S/C19H22F3N3O3S/c20-19(21,22)18-8-4-10-29(27,28)16(18)11-25(12-18)17(26)7-3-9-24-13-23-14-5-1-2-6-15(14)24/h1-2,5-6,13,16H,3-4,7-12H2/t16-,18-/m1/s1. The van der Waals surface area contributed by atoms with Crippen LogP contribution in [0.15, 0.2) is 30.6 Å². The molecule has 6 nitrogen and oxygen atoms in total. The molecule has 3 heterocycles. The summed E-state index contributed by atoms with van der Waals surface area (Å²) in [5.74, 6) is -0.673. The van der Waals surface area contributed by atoms with Gasteiger partial charge in [0.05, 0.1) is 28.4 Å². The molecule has 0 bridgehead atoms. The molecule has 0 unspecified atom stereocenters. The largest absolute Gasteiger partial charge is 0.397 e. The molecule has 0 aliphatic carbocycles. The average molecular weight is 429 g/mol. The van der Waals surface area contributed by atoms with E-state index >= 15 is 0 Å². The third-order valence-corrected chi connectivity index (χ3v) is 8.52. The molecule has 1 aromatic heterocycles. The van der Waals surface area contributed by atoms with Gasteiger partial charge < -0.3 is 9.47 Å². The lowest BCUT2D eigenvalue weighted by Crippen LogP contribution is -2.53. The molecule has 2 fully saturated rings. The smallest absolute Gasteiger partial charge is 0.340 e. The van der Waals surface area contributed by atoms with Crippen LogP contribution >= 0.6 is 0 Å². The van der Waals surface area contributed by atoms with E-state index in [-0.39, 0.29) is 31.6 Å². The van der Waals surface area contributed by atoms with Crippen molar-refractivity contribution in [2.24, 2.45) is 5.41 Å². The SMILES string of the molecule is O=C(CCCn1cnc2ccccc21)N1C[C@@H]2[C@@](C(F)(F)F)(CCCS2(=O)=O)C1. The number of aromatic nitrogens is 2. The van der Waals surface area contributed by atoms with Crippen LogP contribution in [0.3, 0.4) is 0 Å². The van der Waals surface area contributed by atoms with Crippen LogP contribution in [0.25, 0.3) is 11.0 Å². The fourth-order valence-corrected chi connectivity index (χ4v) is 6.91. The van der Waals surface area contributed by atoms with Gasteiger partial charge in [-0.1, -0.05) is 12.1 Å². The Balaban J connectivity index is 1.44. The van der Waals surface area contributed by atoms with Gasteiger partial charge in [0.25, 0.3) is 0 Å². The molecule has 29 heavy (non-hydrogen) atoms. The Kier molecular flexibility index (Phi) is 4.87. The third kappa shape index (κ3) is 3.41. The lowest BCUT2D eigenvalue weighted by atomic mass is 9.81. The summed E-state index contributed by atoms with van der Waals surface area (Å²) in [7, 11) is -3.87. The molecule has 158 valence electrons. The summed E-state index contributed by atoms with van der Waals surface area (Å²) in [5, 5.41) is -1.55. The van der Waals surface area contributed by atoms with Crippen LogP contribution in [0.2, 0.25) is 0 Å². The Bertz CT molecular complexity index is 1030. The van der Waals surface area contributed by atoms with Crippen molar-refractivity contribution < 1.29 is 26.4 Å². The number of alkyl halides is 3. The second-order valence-electron chi connectivity index (χ2n) is 7.92. The fourth-order valence-electron chi connectivity index (χ4n) is 4.66. The quantitative estimate of drug-likeness (QED) is 0.749. The van der Waals surface area contributed by atoms with Gasteiger partial charge in [-0.3, -0.25) is 4.79 Å². The number of benzene rings is 1. The molecule has 0 radical (unpaired) electrons. The highest BCUT2D eigenvalue weighted by Crippen LogP contribution is 2.53. The van der Waals surface area contributed by atoms with E-state index in [0.717, 1.165) is 15.9 Å². The Labute approximate surface area is 166 Å². The van der Waals surface area contributed by atoms with Gasteiger partial charge in [-0.05, 0) is 31.4 Å². The van der Waals surface area contributed by atoms with Crippen LogP contribution in [-0.2, 0) is 21.2 Å². The number of aryl methyl sites for hydroxylation is 1. The highest BCUT2D eigenvalue weighted by molar-refractivity contribution is 7.92. The summed E-state index contributed by atoms with van der Waals surface area (Å²) >= 11 is 0. The first-order valence-corrected chi connectivity index (χ1v) is 11.3. The van der Waals surface area contributed by atoms with E-state index in [2.05, 4.69) is 4.98 Å². The summed E-state index contributed by atoms with van der Waals surface area (Å²) < 4.78 is 68.1. The first-order chi connectivity index (χ1) is 13.6. The lowest BCUT2D eigenvalue weighted by Gasteiger charge is -2.39. The van der Waals surface area contributed by atoms with Crippen molar-refractivity contribution in [3.8, 4) is 0 Å². The Morgan fingerprint density at radius 2 is 2.03 bits per heavy atom. The van der Waals surface area contributed by atoms with Crippen LogP contribution in [0.5, 0.6) is 0 Å². The maximum Gasteiger partial charge on any atom is 0.397 e. The summed E-state index contributed by atoms with van der Waals surface area (Å²) in [6.45, 7) is -0.422. The number of hydrogen-bond acceptors (Lipinski definition) is 4. The number of hydrogen-bond donors (Lipinski definition) is 0. The predicted molar refractivity (Wildman–Crippen MR) is 101 cm³/mol. The van der Waals surface area contributed by atoms with Gasteiger partial charge in [0.1, 0.15) is 5.41 Å². The van der Waals surface area contributed by atoms with E-state index in [1.54, 1.807) is 6.33 Å². The predicted octanol–water partition coefficient (Wildman–Crippen LogP) is 2.78. The molecule has 4 rings (SSSR count). The van der Waals surface area contributed by atoms with Gasteiger partial charge in [-0.2, -0.15) is 13.2 Å². The molecule has 2 saturated heterocycles. The number of rotatable bonds is 4. The monoisotopic (exact) mass is 429 g/mol. The molecule has 1 aromatic carbocycles. The second kappa shape index (κ2) is 7.00. The molecule has 0 saturated carbocycles. The number of para-hydroxylation sites is 2. The number of fused-ring (bicyclic) bond motifs is 2. The number of sulfone groups is 1. The van der Waals surface area contributed by atoms with E-state index in [4.69, 9.17) is 0 Å². The third-order valence-electron chi connectivity index (χ3n) is 6.20. The van der Waals surface area contributed by atoms with Gasteiger partial charge in [-0.25, -0.2) is 13.4 Å². The average Bonchev–Trinajstić information content (AvgIpc) is 3.25. The summed E-state index contributed by atoms with van der Waals surface area (Å²) in [5.41, 5.74) is -0.575. The molecule has 2 atom stereocenters. The summed E-state index contributed by atoms with van der Waals surface area (Å²) in [6.07, 6.45) is -2.75. The Morgan fingerprint density at radius 3 is 2.76 bits per heavy atom. The number of imidazole rings is 1. The van der Waals surface area contributed by atoms with Gasteiger partial charge >= 0.3 is 6.18 Å². The number of nitrogens with zero attached hydrogens (tertiary/aromatic N) is 3. The number of amides is 1. The van der Waals surface area contributed by atoms with Gasteiger partial charge in [0.15, 0.2) is 9.84 Å². The van der Waals surface area contributed by atoms with Gasteiger partial charge in [0.2, 0.25) is 5.91 Å². The van der Waals surface area contributed by atoms with Gasteiger partial charge in [0, 0.05) is 26.1 Å². The molecule has 2 aliphatic heterocycles. The van der Waals surface area contributed by atoms with Crippen molar-refractivity contribution in [2.45, 2.75) is 43.7 Å². The van der Waals surface area contributed by atoms with Crippen molar-refractivity contribution in [1.29, 1.82) is 0 Å². The van der Waals surface area contributed by atoms with Crippen LogP contribution in [0, 0.1) is 5.41 Å². The maximum absolute atomic E-state index is 13.8. The lowest BCUT2D eigenvalue weighted by molar-refractivity contribution is -0.221. The van der Waals surface area contributed by atoms with Crippen molar-refractivity contribution in [2.75, 3.05) is 18.8 Å². The Hall–Kier alpha value is -2.10. The minimum absolute atomic E-state index is 0.0198. The van der Waals surface area contributed by atoms with E-state index in [0.29, 0.717) is 13.0 Å². The van der Waals surface area contributed by atoms with Crippen LogP contribution in [0.1, 0.15) is 25.7 Å². The van der Waals surface area contributed by atoms with Crippen molar-refractivity contribution in [3.05, 3.63) is 30.6 Å². The highest BCUT2D eigenvalue weighted by atomic mass is 32.2. The Morgan fingerprint density at radius 1 is 1.28 bits per heavy atom. The molecule has 0 spiro atoms. The molecule has 10 heteroatoms. The topological polar surface area (TPSA) is 72.3 Å². The van der Waals surface area contributed by atoms with Crippen LogP contribution in [0.4, 0.5) is 13.2 Å². The van der Waals surface area contributed by atoms with Gasteiger partial charge in [-0.15, -0.1) is 0 Å². The second-order valence-corrected chi connectivity index (χ2v) is 10.2. The summed E-state index contributed by atoms with van der Waals surface area (Å²) in [6, 6.07) is 7.54. The number of likely N-dealkylation sites (tertiary alicyclic amines) is 1. The van der Waals surface area contributed by atoms with Crippen molar-refractivity contribution in [3.63, 3.8) is 0 Å². The van der Waals surface area contributed by atoms with E-state index in [1.165, 1.54) is 0 Å². The highest BCUT2D eigenvalue weighted by Gasteiger charge is 2.68. The zero-order valence-corrected chi connectivity index (χ0v) is 16.5. The normalized spacial score (nSPS) is 26.6. The minimum Gasteiger partial charge on any atom is -0.340 e. The molecule has 2 aliphatic rings. The zero-order chi connectivity index (χ0) is 20.9. The maximum atomic E-state index is 13.8. The molecular formula is C19H22F3N3O3S. The molecular weight excluding hydrogens is 407 g/mol. The fraction of sp³-hybridized carbons (Fsp3) is 0.579. The number of carbonyl (C=O) groups excluding carboxylic acids is 1. The zero-order valence-electron chi connectivity index (χ0n) is 15.7. The van der Waals surface area contributed by atoms with E-state index in [1.807, 2.05) is 28.8 Å². The number of carbonyl (C=O) groups is 1. The minimum atomic E-state index is -4.66. The van der Waals surface area contributed by atoms with E-state index in [9.17, 15) is 26.4 Å². The summed E-state index contributed by atoms with van der Waals surface area (Å²) in [4.78, 5) is 18.0. The molecule has 2 aromatic rings. The van der Waals surface area contributed by atoms with E-state index < -0.39 is 39.1 Å².